The third-order valence-electron chi connectivity index (χ3n) is 11.7. The number of rotatable bonds is 11. The van der Waals surface area contributed by atoms with Gasteiger partial charge >= 0.3 is 0 Å². The minimum absolute atomic E-state index is 0.833. The van der Waals surface area contributed by atoms with Crippen LogP contribution < -0.4 is 0 Å². The van der Waals surface area contributed by atoms with E-state index < -0.39 is 0 Å². The summed E-state index contributed by atoms with van der Waals surface area (Å²) in [6.07, 6.45) is 9.86. The predicted molar refractivity (Wildman–Crippen MR) is 256 cm³/mol. The summed E-state index contributed by atoms with van der Waals surface area (Å²) in [6.45, 7) is 21.0. The Bertz CT molecular complexity index is 2950. The van der Waals surface area contributed by atoms with Gasteiger partial charge < -0.3 is 9.13 Å². The highest BCUT2D eigenvalue weighted by Crippen LogP contribution is 2.32. The summed E-state index contributed by atoms with van der Waals surface area (Å²) >= 11 is 0. The molecule has 0 aliphatic carbocycles. The van der Waals surface area contributed by atoms with Crippen LogP contribution >= 0.6 is 0 Å². The van der Waals surface area contributed by atoms with E-state index >= 15 is 0 Å². The molecule has 3 nitrogen and oxygen atoms in total. The van der Waals surface area contributed by atoms with Gasteiger partial charge in [0.15, 0.2) is 0 Å². The average molecular weight is 778 g/mol. The van der Waals surface area contributed by atoms with Gasteiger partial charge in [-0.1, -0.05) is 147 Å². The van der Waals surface area contributed by atoms with E-state index in [1.54, 1.807) is 12.2 Å². The smallest absolute Gasteiger partial charge is 0.0571 e. The molecule has 0 bridgehead atoms. The first-order valence-electron chi connectivity index (χ1n) is 20.6. The van der Waals surface area contributed by atoms with Gasteiger partial charge in [0.05, 0.1) is 16.6 Å². The van der Waals surface area contributed by atoms with Crippen molar-refractivity contribution in [1.29, 1.82) is 0 Å². The number of nitrogens with zero attached hydrogens (tertiary/aromatic N) is 3. The first kappa shape index (κ1) is 39.6. The lowest BCUT2D eigenvalue weighted by Gasteiger charge is -2.13. The van der Waals surface area contributed by atoms with Gasteiger partial charge in [0.25, 0.3) is 0 Å². The number of para-hydroxylation sites is 2. The fourth-order valence-electron chi connectivity index (χ4n) is 8.30. The van der Waals surface area contributed by atoms with Crippen molar-refractivity contribution in [2.45, 2.75) is 40.0 Å². The summed E-state index contributed by atoms with van der Waals surface area (Å²) in [4.78, 5) is 4.42. The van der Waals surface area contributed by atoms with E-state index in [4.69, 9.17) is 0 Å². The van der Waals surface area contributed by atoms with Crippen LogP contribution in [0.25, 0.3) is 44.1 Å². The number of aromatic nitrogens is 3. The lowest BCUT2D eigenvalue weighted by Crippen LogP contribution is -1.99. The quantitative estimate of drug-likeness (QED) is 0.120. The number of pyridine rings is 1. The fraction of sp³-hybridized carbons (Fsp3) is 0.105. The van der Waals surface area contributed by atoms with Crippen LogP contribution in [-0.2, 0) is 19.3 Å². The minimum atomic E-state index is 0.833. The Morgan fingerprint density at radius 1 is 0.483 bits per heavy atom. The molecule has 6 aromatic carbocycles. The van der Waals surface area contributed by atoms with Gasteiger partial charge in [-0.25, -0.2) is 0 Å². The van der Waals surface area contributed by atoms with Gasteiger partial charge in [-0.05, 0) is 133 Å². The second-order valence-electron chi connectivity index (χ2n) is 15.8. The maximum atomic E-state index is 4.42. The molecule has 9 aromatic rings. The minimum Gasteiger partial charge on any atom is -0.314 e. The molecule has 294 valence electrons. The Morgan fingerprint density at radius 2 is 0.917 bits per heavy atom. The molecule has 60 heavy (non-hydrogen) atoms. The lowest BCUT2D eigenvalue weighted by atomic mass is 9.94. The summed E-state index contributed by atoms with van der Waals surface area (Å²) in [5, 5.41) is 3.73. The van der Waals surface area contributed by atoms with E-state index in [2.05, 4.69) is 207 Å². The molecular weight excluding hydrogens is 727 g/mol. The Balaban J connectivity index is 0.000000568. The van der Waals surface area contributed by atoms with Crippen molar-refractivity contribution in [1.82, 2.24) is 14.1 Å². The van der Waals surface area contributed by atoms with Gasteiger partial charge in [0.1, 0.15) is 0 Å². The molecular formula is C57H51N3. The maximum Gasteiger partial charge on any atom is 0.0571 e. The third kappa shape index (κ3) is 8.21. The summed E-state index contributed by atoms with van der Waals surface area (Å²) in [7, 11) is 0. The van der Waals surface area contributed by atoms with Crippen molar-refractivity contribution in [2.24, 2.45) is 0 Å². The van der Waals surface area contributed by atoms with Crippen molar-refractivity contribution >= 4 is 32.7 Å². The van der Waals surface area contributed by atoms with Crippen molar-refractivity contribution in [3.05, 3.63) is 258 Å². The summed E-state index contributed by atoms with van der Waals surface area (Å²) in [5.41, 5.74) is 19.6. The molecule has 3 heteroatoms. The van der Waals surface area contributed by atoms with Crippen LogP contribution in [0.5, 0.6) is 0 Å². The number of aryl methyl sites for hydroxylation is 2. The van der Waals surface area contributed by atoms with Crippen LogP contribution in [0.3, 0.4) is 0 Å². The number of hydrogen-bond acceptors (Lipinski definition) is 1. The monoisotopic (exact) mass is 777 g/mol. The first-order valence-corrected chi connectivity index (χ1v) is 20.6. The summed E-state index contributed by atoms with van der Waals surface area (Å²) in [6, 6.07) is 53.9. The van der Waals surface area contributed by atoms with E-state index in [-0.39, 0.29) is 0 Å². The molecule has 0 aliphatic rings. The van der Waals surface area contributed by atoms with Gasteiger partial charge in [0.2, 0.25) is 0 Å². The molecule has 0 radical (unpaired) electrons. The van der Waals surface area contributed by atoms with Crippen molar-refractivity contribution in [3.8, 4) is 11.4 Å². The van der Waals surface area contributed by atoms with Crippen LogP contribution in [-0.4, -0.2) is 14.1 Å². The molecule has 3 aromatic heterocycles. The van der Waals surface area contributed by atoms with Crippen LogP contribution in [0.2, 0.25) is 0 Å². The summed E-state index contributed by atoms with van der Waals surface area (Å²) in [5.74, 6) is 0. The van der Waals surface area contributed by atoms with Gasteiger partial charge in [-0.3, -0.25) is 4.98 Å². The molecule has 0 saturated carbocycles. The van der Waals surface area contributed by atoms with Gasteiger partial charge in [0, 0.05) is 45.6 Å². The maximum absolute atomic E-state index is 4.42. The van der Waals surface area contributed by atoms with Gasteiger partial charge in [-0.2, -0.15) is 0 Å². The van der Waals surface area contributed by atoms with Crippen LogP contribution in [0, 0.1) is 20.8 Å². The van der Waals surface area contributed by atoms with Crippen molar-refractivity contribution < 1.29 is 0 Å². The zero-order chi connectivity index (χ0) is 41.8. The Kier molecular flexibility index (Phi) is 11.4. The van der Waals surface area contributed by atoms with E-state index in [1.165, 1.54) is 88.6 Å². The standard InChI is InChI=1S/C49H41N3.C8H10/c1-33-12-14-36(15-13-33)26-39-29-40(27-37-16-20-42(21-17-37)51-35(3)34(2)44-8-4-6-10-47(44)51)31-41(30-39)28-38-18-22-43(23-19-38)52-48-11-7-5-9-45(48)46-32-50-25-24-49(46)52;1-5-7(3)8(4)6-2/h4-25,29-32H,26-28H2,1-3H3;5-6H,1-4H2. The molecule has 0 N–H and O–H groups in total. The molecule has 0 saturated heterocycles. The van der Waals surface area contributed by atoms with E-state index in [0.29, 0.717) is 0 Å². The van der Waals surface area contributed by atoms with Crippen molar-refractivity contribution in [2.75, 3.05) is 0 Å². The largest absolute Gasteiger partial charge is 0.314 e. The van der Waals surface area contributed by atoms with E-state index in [0.717, 1.165) is 36.1 Å². The molecule has 9 rings (SSSR count). The Labute approximate surface area is 354 Å². The molecule has 0 spiro atoms. The predicted octanol–water partition coefficient (Wildman–Crippen LogP) is 14.3. The van der Waals surface area contributed by atoms with Crippen molar-refractivity contribution in [3.63, 3.8) is 0 Å². The van der Waals surface area contributed by atoms with E-state index in [9.17, 15) is 0 Å². The molecule has 0 amide bonds. The molecule has 3 heterocycles. The zero-order valence-electron chi connectivity index (χ0n) is 35.0. The van der Waals surface area contributed by atoms with Crippen LogP contribution in [0.1, 0.15) is 50.2 Å². The van der Waals surface area contributed by atoms with Crippen LogP contribution in [0.4, 0.5) is 0 Å². The number of allylic oxidation sites excluding steroid dienone is 4. The number of fused-ring (bicyclic) bond motifs is 4. The normalized spacial score (nSPS) is 11.1. The number of hydrogen-bond donors (Lipinski definition) is 0. The molecule has 0 aliphatic heterocycles. The zero-order valence-corrected chi connectivity index (χ0v) is 35.0. The fourth-order valence-corrected chi connectivity index (χ4v) is 8.30. The summed E-state index contributed by atoms with van der Waals surface area (Å²) < 4.78 is 4.74. The topological polar surface area (TPSA) is 22.8 Å². The highest BCUT2D eigenvalue weighted by molar-refractivity contribution is 6.08. The third-order valence-corrected chi connectivity index (χ3v) is 11.7. The molecule has 0 unspecified atom stereocenters. The average Bonchev–Trinajstić information content (AvgIpc) is 3.75. The molecule has 0 fully saturated rings. The Hall–Kier alpha value is -7.23. The number of benzene rings is 6. The lowest BCUT2D eigenvalue weighted by molar-refractivity contribution is 1.03. The van der Waals surface area contributed by atoms with Gasteiger partial charge in [-0.15, -0.1) is 0 Å². The first-order chi connectivity index (χ1) is 29.2. The molecule has 0 atom stereocenters. The van der Waals surface area contributed by atoms with E-state index in [1.807, 2.05) is 12.4 Å². The highest BCUT2D eigenvalue weighted by Gasteiger charge is 2.14. The second kappa shape index (κ2) is 17.3. The van der Waals surface area contributed by atoms with Crippen LogP contribution in [0.15, 0.2) is 208 Å². The second-order valence-corrected chi connectivity index (χ2v) is 15.8. The SMILES string of the molecule is C=CC(=C)C(=C)C=C.Cc1ccc(Cc2cc(Cc3ccc(-n4c(C)c(C)c5ccccc54)cc3)cc(Cc3ccc(-n4c5ccccc5c5cnccc54)cc3)c2)cc1. The highest BCUT2D eigenvalue weighted by atomic mass is 15.0. The Morgan fingerprint density at radius 3 is 1.43 bits per heavy atom.